The Morgan fingerprint density at radius 3 is 2.19 bits per heavy atom. The van der Waals surface area contributed by atoms with Crippen LogP contribution in [-0.4, -0.2) is 54.8 Å². The first-order valence-electron chi connectivity index (χ1n) is 10.2. The van der Waals surface area contributed by atoms with Gasteiger partial charge in [0.2, 0.25) is 0 Å². The Labute approximate surface area is 160 Å². The van der Waals surface area contributed by atoms with Crippen LogP contribution in [0.25, 0.3) is 0 Å². The molecule has 4 nitrogen and oxygen atoms in total. The van der Waals surface area contributed by atoms with Crippen LogP contribution in [0, 0.1) is 5.41 Å². The van der Waals surface area contributed by atoms with E-state index in [0.717, 1.165) is 58.1 Å². The first-order chi connectivity index (χ1) is 12.1. The number of piperazine rings is 1. The molecule has 0 N–H and O–H groups in total. The van der Waals surface area contributed by atoms with Crippen molar-refractivity contribution in [3.63, 3.8) is 0 Å². The summed E-state index contributed by atoms with van der Waals surface area (Å²) in [5.41, 5.74) is 1.93. The van der Waals surface area contributed by atoms with Gasteiger partial charge in [0, 0.05) is 44.5 Å². The number of pyridine rings is 1. The van der Waals surface area contributed by atoms with Gasteiger partial charge in [-0.3, -0.25) is 4.90 Å². The van der Waals surface area contributed by atoms with Gasteiger partial charge in [0.25, 0.3) is 0 Å². The second-order valence-corrected chi connectivity index (χ2v) is 9.70. The van der Waals surface area contributed by atoms with E-state index in [-0.39, 0.29) is 5.54 Å². The summed E-state index contributed by atoms with van der Waals surface area (Å²) >= 11 is 0. The van der Waals surface area contributed by atoms with Gasteiger partial charge in [-0.1, -0.05) is 26.8 Å². The zero-order valence-electron chi connectivity index (χ0n) is 17.8. The van der Waals surface area contributed by atoms with Crippen molar-refractivity contribution >= 4 is 5.82 Å². The maximum Gasteiger partial charge on any atom is 0.128 e. The van der Waals surface area contributed by atoms with E-state index in [1.54, 1.807) is 0 Å². The van der Waals surface area contributed by atoms with Crippen molar-refractivity contribution in [3.05, 3.63) is 23.9 Å². The maximum atomic E-state index is 5.78. The Bertz CT molecular complexity index is 520. The van der Waals surface area contributed by atoms with E-state index in [1.807, 2.05) is 6.20 Å². The fourth-order valence-corrected chi connectivity index (χ4v) is 3.35. The molecule has 0 atom stereocenters. The second kappa shape index (κ2) is 9.18. The molecular formula is C22H39N3O. The van der Waals surface area contributed by atoms with Gasteiger partial charge in [0.05, 0.1) is 6.61 Å². The van der Waals surface area contributed by atoms with Crippen LogP contribution in [0.4, 0.5) is 5.82 Å². The standard InChI is InChI=1S/C22H39N3O/c1-21(2,3)11-7-16-26-17-10-19-8-9-20(23-18-19)24-12-14-25(15-13-24)22(4,5)6/h8-9,18H,7,10-17H2,1-6H3. The highest BCUT2D eigenvalue weighted by Crippen LogP contribution is 2.21. The smallest absolute Gasteiger partial charge is 0.128 e. The third-order valence-corrected chi connectivity index (χ3v) is 5.11. The van der Waals surface area contributed by atoms with Crippen molar-refractivity contribution in [1.82, 2.24) is 9.88 Å². The van der Waals surface area contributed by atoms with Crippen molar-refractivity contribution in [2.24, 2.45) is 5.41 Å². The number of hydrogen-bond donors (Lipinski definition) is 0. The van der Waals surface area contributed by atoms with E-state index in [4.69, 9.17) is 4.74 Å². The molecule has 0 saturated carbocycles. The van der Waals surface area contributed by atoms with Gasteiger partial charge >= 0.3 is 0 Å². The van der Waals surface area contributed by atoms with Crippen LogP contribution in [0.1, 0.15) is 59.9 Å². The quantitative estimate of drug-likeness (QED) is 0.674. The first-order valence-corrected chi connectivity index (χ1v) is 10.2. The van der Waals surface area contributed by atoms with E-state index in [0.29, 0.717) is 5.41 Å². The minimum atomic E-state index is 0.260. The summed E-state index contributed by atoms with van der Waals surface area (Å²) in [5.74, 6) is 1.11. The third-order valence-electron chi connectivity index (χ3n) is 5.11. The summed E-state index contributed by atoms with van der Waals surface area (Å²) < 4.78 is 5.78. The van der Waals surface area contributed by atoms with Crippen molar-refractivity contribution in [2.45, 2.75) is 66.3 Å². The molecule has 1 aromatic rings. The average Bonchev–Trinajstić information content (AvgIpc) is 2.57. The van der Waals surface area contributed by atoms with E-state index >= 15 is 0 Å². The average molecular weight is 362 g/mol. The van der Waals surface area contributed by atoms with Gasteiger partial charge in [-0.15, -0.1) is 0 Å². The molecule has 2 rings (SSSR count). The van der Waals surface area contributed by atoms with Crippen molar-refractivity contribution < 1.29 is 4.74 Å². The zero-order chi connectivity index (χ0) is 19.2. The van der Waals surface area contributed by atoms with E-state index < -0.39 is 0 Å². The normalized spacial score (nSPS) is 16.9. The summed E-state index contributed by atoms with van der Waals surface area (Å²) in [6.45, 7) is 19.7. The lowest BCUT2D eigenvalue weighted by Gasteiger charge is -2.42. The molecule has 0 radical (unpaired) electrons. The number of hydrogen-bond acceptors (Lipinski definition) is 4. The number of nitrogens with zero attached hydrogens (tertiary/aromatic N) is 3. The summed E-state index contributed by atoms with van der Waals surface area (Å²) in [6, 6.07) is 4.37. The molecule has 0 spiro atoms. The maximum absolute atomic E-state index is 5.78. The fourth-order valence-electron chi connectivity index (χ4n) is 3.35. The molecule has 0 bridgehead atoms. The van der Waals surface area contributed by atoms with Crippen LogP contribution in [0.15, 0.2) is 18.3 Å². The predicted molar refractivity (Wildman–Crippen MR) is 111 cm³/mol. The number of rotatable bonds is 7. The number of ether oxygens (including phenoxy) is 1. The molecule has 4 heteroatoms. The topological polar surface area (TPSA) is 28.6 Å². The summed E-state index contributed by atoms with van der Waals surface area (Å²) in [6.07, 6.45) is 5.32. The van der Waals surface area contributed by atoms with Crippen LogP contribution in [0.2, 0.25) is 0 Å². The molecule has 0 amide bonds. The summed E-state index contributed by atoms with van der Waals surface area (Å²) in [5, 5.41) is 0. The Morgan fingerprint density at radius 1 is 0.962 bits per heavy atom. The van der Waals surface area contributed by atoms with Crippen molar-refractivity contribution in [3.8, 4) is 0 Å². The minimum absolute atomic E-state index is 0.260. The lowest BCUT2D eigenvalue weighted by molar-refractivity contribution is 0.125. The van der Waals surface area contributed by atoms with E-state index in [1.165, 1.54) is 12.0 Å². The largest absolute Gasteiger partial charge is 0.381 e. The highest BCUT2D eigenvalue weighted by molar-refractivity contribution is 5.40. The lowest BCUT2D eigenvalue weighted by Crippen LogP contribution is -2.53. The molecule has 2 heterocycles. The minimum Gasteiger partial charge on any atom is -0.381 e. The highest BCUT2D eigenvalue weighted by atomic mass is 16.5. The molecule has 148 valence electrons. The van der Waals surface area contributed by atoms with Crippen molar-refractivity contribution in [2.75, 3.05) is 44.3 Å². The molecular weight excluding hydrogens is 322 g/mol. The molecule has 1 saturated heterocycles. The van der Waals surface area contributed by atoms with Crippen LogP contribution < -0.4 is 4.90 Å². The SMILES string of the molecule is CC(C)(C)CCCOCCc1ccc(N2CCN(C(C)(C)C)CC2)nc1. The van der Waals surface area contributed by atoms with Gasteiger partial charge in [0.15, 0.2) is 0 Å². The molecule has 0 aromatic carbocycles. The van der Waals surface area contributed by atoms with Gasteiger partial charge in [-0.25, -0.2) is 4.98 Å². The van der Waals surface area contributed by atoms with E-state index in [2.05, 4.69) is 68.5 Å². The Morgan fingerprint density at radius 2 is 1.65 bits per heavy atom. The zero-order valence-corrected chi connectivity index (χ0v) is 17.8. The number of anilines is 1. The fraction of sp³-hybridized carbons (Fsp3) is 0.773. The Hall–Kier alpha value is -1.13. The molecule has 0 unspecified atom stereocenters. The molecule has 1 fully saturated rings. The summed E-state index contributed by atoms with van der Waals surface area (Å²) in [4.78, 5) is 9.64. The van der Waals surface area contributed by atoms with Gasteiger partial charge in [0.1, 0.15) is 5.82 Å². The molecule has 1 aromatic heterocycles. The molecule has 1 aliphatic rings. The van der Waals surface area contributed by atoms with E-state index in [9.17, 15) is 0 Å². The Balaban J connectivity index is 1.69. The van der Waals surface area contributed by atoms with Crippen LogP contribution in [0.5, 0.6) is 0 Å². The summed E-state index contributed by atoms with van der Waals surface area (Å²) in [7, 11) is 0. The highest BCUT2D eigenvalue weighted by Gasteiger charge is 2.26. The molecule has 0 aliphatic carbocycles. The van der Waals surface area contributed by atoms with Gasteiger partial charge in [-0.2, -0.15) is 0 Å². The number of aromatic nitrogens is 1. The van der Waals surface area contributed by atoms with Gasteiger partial charge in [-0.05, 0) is 57.1 Å². The van der Waals surface area contributed by atoms with Crippen LogP contribution in [-0.2, 0) is 11.2 Å². The monoisotopic (exact) mass is 361 g/mol. The third kappa shape index (κ3) is 7.24. The molecule has 1 aliphatic heterocycles. The second-order valence-electron chi connectivity index (χ2n) is 9.70. The van der Waals surface area contributed by atoms with Crippen LogP contribution >= 0.6 is 0 Å². The van der Waals surface area contributed by atoms with Crippen molar-refractivity contribution in [1.29, 1.82) is 0 Å². The predicted octanol–water partition coefficient (Wildman–Crippen LogP) is 4.39. The molecule has 26 heavy (non-hydrogen) atoms. The Kier molecular flexibility index (Phi) is 7.48. The first kappa shape index (κ1) is 21.2. The lowest BCUT2D eigenvalue weighted by atomic mass is 9.91. The van der Waals surface area contributed by atoms with Crippen LogP contribution in [0.3, 0.4) is 0 Å². The van der Waals surface area contributed by atoms with Gasteiger partial charge < -0.3 is 9.64 Å².